The Morgan fingerprint density at radius 3 is 2.46 bits per heavy atom. The molecule has 4 rings (SSSR count). The Labute approximate surface area is 152 Å². The Balaban J connectivity index is 1.69. The average Bonchev–Trinajstić information content (AvgIpc) is 2.93. The van der Waals surface area contributed by atoms with E-state index in [-0.39, 0.29) is 0 Å². The van der Waals surface area contributed by atoms with Crippen molar-refractivity contribution in [2.45, 2.75) is 32.4 Å². The molecule has 1 aromatic heterocycles. The quantitative estimate of drug-likeness (QED) is 0.583. The molecule has 1 saturated heterocycles. The van der Waals surface area contributed by atoms with Crippen molar-refractivity contribution < 1.29 is 0 Å². The molecule has 0 bridgehead atoms. The van der Waals surface area contributed by atoms with Crippen LogP contribution in [0.2, 0.25) is 0 Å². The fraction of sp³-hybridized carbons (Fsp3) is 0.333. The van der Waals surface area contributed by atoms with Gasteiger partial charge in [0.25, 0.3) is 0 Å². The van der Waals surface area contributed by atoms with Gasteiger partial charge < -0.3 is 4.57 Å². The van der Waals surface area contributed by atoms with Gasteiger partial charge >= 0.3 is 0 Å². The highest BCUT2D eigenvalue weighted by Gasteiger charge is 2.15. The molecule has 3 aromatic rings. The molecule has 2 aromatic carbocycles. The molecule has 0 radical (unpaired) electrons. The Kier molecular flexibility index (Phi) is 4.72. The minimum Gasteiger partial charge on any atom is -0.343 e. The lowest BCUT2D eigenvalue weighted by atomic mass is 10.1. The van der Waals surface area contributed by atoms with Crippen molar-refractivity contribution in [3.05, 3.63) is 70.3 Å². The van der Waals surface area contributed by atoms with E-state index in [0.29, 0.717) is 0 Å². The number of rotatable bonds is 4. The van der Waals surface area contributed by atoms with Crippen LogP contribution in [-0.2, 0) is 13.1 Å². The molecule has 0 unspecified atom stereocenters. The first-order valence-corrected chi connectivity index (χ1v) is 9.62. The number of benzene rings is 2. The van der Waals surface area contributed by atoms with E-state index in [2.05, 4.69) is 80.1 Å². The number of aromatic nitrogens is 1. The van der Waals surface area contributed by atoms with Gasteiger partial charge in [-0.15, -0.1) is 0 Å². The minimum atomic E-state index is 0.930. The van der Waals surface area contributed by atoms with Crippen LogP contribution >= 0.6 is 15.9 Å². The summed E-state index contributed by atoms with van der Waals surface area (Å²) in [5.41, 5.74) is 4.13. The molecule has 3 heteroatoms. The summed E-state index contributed by atoms with van der Waals surface area (Å²) in [7, 11) is 0. The van der Waals surface area contributed by atoms with Crippen LogP contribution in [0.1, 0.15) is 30.4 Å². The normalized spacial score (nSPS) is 15.9. The van der Waals surface area contributed by atoms with E-state index >= 15 is 0 Å². The molecule has 24 heavy (non-hydrogen) atoms. The summed E-state index contributed by atoms with van der Waals surface area (Å²) >= 11 is 3.65. The zero-order valence-electron chi connectivity index (χ0n) is 13.9. The van der Waals surface area contributed by atoms with Gasteiger partial charge in [0.2, 0.25) is 0 Å². The van der Waals surface area contributed by atoms with Crippen molar-refractivity contribution in [3.8, 4) is 0 Å². The van der Waals surface area contributed by atoms with Crippen LogP contribution in [0.4, 0.5) is 0 Å². The van der Waals surface area contributed by atoms with Gasteiger partial charge in [-0.05, 0) is 55.3 Å². The van der Waals surface area contributed by atoms with E-state index < -0.39 is 0 Å². The van der Waals surface area contributed by atoms with Gasteiger partial charge in [-0.25, -0.2) is 0 Å². The van der Waals surface area contributed by atoms with Crippen molar-refractivity contribution >= 4 is 26.8 Å². The predicted octanol–water partition coefficient (Wildman–Crippen LogP) is 5.44. The largest absolute Gasteiger partial charge is 0.343 e. The summed E-state index contributed by atoms with van der Waals surface area (Å²) in [4.78, 5) is 2.60. The fourth-order valence-corrected chi connectivity index (χ4v) is 4.10. The molecule has 1 fully saturated rings. The zero-order valence-corrected chi connectivity index (χ0v) is 15.5. The SMILES string of the molecule is Brc1ccc2c(c1)c(CN1CCCCC1)cn2Cc1ccccc1. The molecule has 0 aliphatic carbocycles. The molecule has 1 aliphatic heterocycles. The Bertz CT molecular complexity index is 816. The standard InChI is InChI=1S/C21H23BrN2/c22-19-9-10-21-20(13-19)18(15-23-11-5-2-6-12-23)16-24(21)14-17-7-3-1-4-8-17/h1,3-4,7-10,13,16H,2,5-6,11-12,14-15H2. The smallest absolute Gasteiger partial charge is 0.0487 e. The van der Waals surface area contributed by atoms with Crippen LogP contribution in [0.25, 0.3) is 10.9 Å². The zero-order chi connectivity index (χ0) is 16.4. The monoisotopic (exact) mass is 382 g/mol. The van der Waals surface area contributed by atoms with Gasteiger partial charge in [0.1, 0.15) is 0 Å². The van der Waals surface area contributed by atoms with Crippen molar-refractivity contribution in [1.29, 1.82) is 0 Å². The first-order valence-electron chi connectivity index (χ1n) is 8.83. The lowest BCUT2D eigenvalue weighted by Crippen LogP contribution is -2.28. The Morgan fingerprint density at radius 2 is 1.67 bits per heavy atom. The lowest BCUT2D eigenvalue weighted by Gasteiger charge is -2.26. The van der Waals surface area contributed by atoms with E-state index in [1.807, 2.05) is 0 Å². The summed E-state index contributed by atoms with van der Waals surface area (Å²) in [6.45, 7) is 4.46. The van der Waals surface area contributed by atoms with Crippen LogP contribution in [0.15, 0.2) is 59.2 Å². The maximum Gasteiger partial charge on any atom is 0.0487 e. The third-order valence-electron chi connectivity index (χ3n) is 4.96. The fourth-order valence-electron chi connectivity index (χ4n) is 3.74. The summed E-state index contributed by atoms with van der Waals surface area (Å²) in [6.07, 6.45) is 6.43. The van der Waals surface area contributed by atoms with Crippen LogP contribution < -0.4 is 0 Å². The van der Waals surface area contributed by atoms with Gasteiger partial charge in [0, 0.05) is 34.7 Å². The molecule has 2 nitrogen and oxygen atoms in total. The second-order valence-electron chi connectivity index (χ2n) is 6.77. The van der Waals surface area contributed by atoms with E-state index in [4.69, 9.17) is 0 Å². The molecule has 124 valence electrons. The molecule has 2 heterocycles. The molecule has 1 aliphatic rings. The van der Waals surface area contributed by atoms with E-state index in [9.17, 15) is 0 Å². The topological polar surface area (TPSA) is 8.17 Å². The summed E-state index contributed by atoms with van der Waals surface area (Å²) in [6, 6.07) is 17.4. The Hall–Kier alpha value is -1.58. The first kappa shape index (κ1) is 15.9. The number of halogens is 1. The molecule has 0 saturated carbocycles. The molecule has 0 amide bonds. The number of fused-ring (bicyclic) bond motifs is 1. The number of likely N-dealkylation sites (tertiary alicyclic amines) is 1. The number of nitrogens with zero attached hydrogens (tertiary/aromatic N) is 2. The van der Waals surface area contributed by atoms with Gasteiger partial charge in [-0.3, -0.25) is 4.90 Å². The molecular weight excluding hydrogens is 360 g/mol. The van der Waals surface area contributed by atoms with Crippen molar-refractivity contribution in [2.24, 2.45) is 0 Å². The molecule has 0 N–H and O–H groups in total. The van der Waals surface area contributed by atoms with E-state index in [0.717, 1.165) is 17.6 Å². The number of hydrogen-bond acceptors (Lipinski definition) is 1. The summed E-state index contributed by atoms with van der Waals surface area (Å²) in [5.74, 6) is 0. The summed E-state index contributed by atoms with van der Waals surface area (Å²) < 4.78 is 3.56. The van der Waals surface area contributed by atoms with Crippen LogP contribution in [0, 0.1) is 0 Å². The number of hydrogen-bond donors (Lipinski definition) is 0. The van der Waals surface area contributed by atoms with E-state index in [1.165, 1.54) is 54.4 Å². The third-order valence-corrected chi connectivity index (χ3v) is 5.46. The maximum absolute atomic E-state index is 3.65. The minimum absolute atomic E-state index is 0.930. The van der Waals surface area contributed by atoms with Gasteiger partial charge in [-0.2, -0.15) is 0 Å². The van der Waals surface area contributed by atoms with Crippen LogP contribution in [0.3, 0.4) is 0 Å². The van der Waals surface area contributed by atoms with Crippen molar-refractivity contribution in [1.82, 2.24) is 9.47 Å². The van der Waals surface area contributed by atoms with Crippen molar-refractivity contribution in [3.63, 3.8) is 0 Å². The third kappa shape index (κ3) is 3.42. The van der Waals surface area contributed by atoms with Crippen molar-refractivity contribution in [2.75, 3.05) is 13.1 Å². The Morgan fingerprint density at radius 1 is 0.875 bits per heavy atom. The second kappa shape index (κ2) is 7.12. The molecule has 0 atom stereocenters. The van der Waals surface area contributed by atoms with Crippen LogP contribution in [0.5, 0.6) is 0 Å². The molecular formula is C21H23BrN2. The van der Waals surface area contributed by atoms with E-state index in [1.54, 1.807) is 0 Å². The highest BCUT2D eigenvalue weighted by Crippen LogP contribution is 2.27. The summed E-state index contributed by atoms with van der Waals surface area (Å²) in [5, 5.41) is 1.38. The predicted molar refractivity (Wildman–Crippen MR) is 104 cm³/mol. The molecule has 0 spiro atoms. The first-order chi connectivity index (χ1) is 11.8. The lowest BCUT2D eigenvalue weighted by molar-refractivity contribution is 0.221. The van der Waals surface area contributed by atoms with Gasteiger partial charge in [0.15, 0.2) is 0 Å². The highest BCUT2D eigenvalue weighted by molar-refractivity contribution is 9.10. The highest BCUT2D eigenvalue weighted by atomic mass is 79.9. The van der Waals surface area contributed by atoms with Gasteiger partial charge in [0.05, 0.1) is 0 Å². The maximum atomic E-state index is 3.65. The second-order valence-corrected chi connectivity index (χ2v) is 7.68. The van der Waals surface area contributed by atoms with Crippen LogP contribution in [-0.4, -0.2) is 22.6 Å². The van der Waals surface area contributed by atoms with Gasteiger partial charge in [-0.1, -0.05) is 52.7 Å². The average molecular weight is 383 g/mol. The number of piperidine rings is 1.